The molecule has 1 aliphatic rings. The first-order chi connectivity index (χ1) is 7.90. The molecular weight excluding hydrogens is 246 g/mol. The van der Waals surface area contributed by atoms with Gasteiger partial charge in [-0.05, 0) is 32.2 Å². The van der Waals surface area contributed by atoms with Crippen molar-refractivity contribution in [2.45, 2.75) is 25.8 Å². The minimum absolute atomic E-state index is 0.139. The number of amides is 1. The Bertz CT molecular complexity index is 370. The Kier molecular flexibility index (Phi) is 4.72. The number of nitrogens with two attached hydrogens (primary N) is 1. The van der Waals surface area contributed by atoms with Crippen molar-refractivity contribution in [1.29, 1.82) is 0 Å². The number of piperidine rings is 1. The maximum Gasteiger partial charge on any atom is 0.421 e. The van der Waals surface area contributed by atoms with Gasteiger partial charge in [-0.15, -0.1) is 0 Å². The summed E-state index contributed by atoms with van der Waals surface area (Å²) in [4.78, 5) is 11.0. The summed E-state index contributed by atoms with van der Waals surface area (Å²) in [5.41, 5.74) is 5.55. The van der Waals surface area contributed by atoms with Gasteiger partial charge in [0.05, 0.1) is 7.11 Å². The average molecular weight is 265 g/mol. The lowest BCUT2D eigenvalue weighted by Crippen LogP contribution is -2.52. The van der Waals surface area contributed by atoms with Crippen LogP contribution in [0.2, 0.25) is 0 Å². The first kappa shape index (κ1) is 14.2. The van der Waals surface area contributed by atoms with Gasteiger partial charge in [-0.3, -0.25) is 0 Å². The van der Waals surface area contributed by atoms with Crippen LogP contribution >= 0.6 is 0 Å². The number of ether oxygens (including phenoxy) is 1. The Morgan fingerprint density at radius 1 is 1.53 bits per heavy atom. The van der Waals surface area contributed by atoms with E-state index in [2.05, 4.69) is 4.74 Å². The first-order valence-electron chi connectivity index (χ1n) is 5.48. The number of methoxy groups -OCH3 is 1. The van der Waals surface area contributed by atoms with Crippen LogP contribution in [0.5, 0.6) is 0 Å². The van der Waals surface area contributed by atoms with Gasteiger partial charge >= 0.3 is 16.3 Å². The van der Waals surface area contributed by atoms with Gasteiger partial charge in [0.25, 0.3) is 0 Å². The minimum Gasteiger partial charge on any atom is -0.452 e. The van der Waals surface area contributed by atoms with E-state index >= 15 is 0 Å². The zero-order chi connectivity index (χ0) is 13.1. The topological polar surface area (TPSA) is 102 Å². The van der Waals surface area contributed by atoms with Gasteiger partial charge in [0.1, 0.15) is 0 Å². The molecule has 100 valence electrons. The maximum absolute atomic E-state index is 11.9. The van der Waals surface area contributed by atoms with Crippen molar-refractivity contribution in [2.24, 2.45) is 11.7 Å². The molecule has 17 heavy (non-hydrogen) atoms. The van der Waals surface area contributed by atoms with Gasteiger partial charge in [0.2, 0.25) is 0 Å². The Hall–Kier alpha value is -0.860. The number of nitrogens with zero attached hydrogens (tertiary/aromatic N) is 1. The van der Waals surface area contributed by atoms with Gasteiger partial charge in [0.15, 0.2) is 0 Å². The van der Waals surface area contributed by atoms with Crippen LogP contribution in [0.25, 0.3) is 0 Å². The monoisotopic (exact) mass is 265 g/mol. The fourth-order valence-corrected chi connectivity index (χ4v) is 3.28. The highest BCUT2D eigenvalue weighted by atomic mass is 32.2. The summed E-state index contributed by atoms with van der Waals surface area (Å²) < 4.78 is 31.2. The fourth-order valence-electron chi connectivity index (χ4n) is 1.88. The molecule has 3 N–H and O–H groups in total. The molecular formula is C9H19N3O4S. The third-order valence-corrected chi connectivity index (χ3v) is 4.51. The molecule has 0 aromatic rings. The number of rotatable bonds is 3. The normalized spacial score (nSPS) is 26.5. The van der Waals surface area contributed by atoms with Crippen molar-refractivity contribution in [1.82, 2.24) is 9.03 Å². The van der Waals surface area contributed by atoms with E-state index in [-0.39, 0.29) is 12.0 Å². The smallest absolute Gasteiger partial charge is 0.421 e. The summed E-state index contributed by atoms with van der Waals surface area (Å²) in [6, 6.07) is -0.139. The molecule has 0 aliphatic carbocycles. The maximum atomic E-state index is 11.9. The molecule has 1 fully saturated rings. The van der Waals surface area contributed by atoms with E-state index in [9.17, 15) is 13.2 Å². The van der Waals surface area contributed by atoms with Gasteiger partial charge in [-0.2, -0.15) is 12.7 Å². The molecule has 0 radical (unpaired) electrons. The van der Waals surface area contributed by atoms with E-state index in [1.54, 1.807) is 0 Å². The zero-order valence-corrected chi connectivity index (χ0v) is 10.9. The van der Waals surface area contributed by atoms with E-state index in [4.69, 9.17) is 5.73 Å². The summed E-state index contributed by atoms with van der Waals surface area (Å²) in [7, 11) is -2.72. The second-order valence-electron chi connectivity index (χ2n) is 4.20. The molecule has 1 heterocycles. The Morgan fingerprint density at radius 2 is 2.18 bits per heavy atom. The number of hydrogen-bond acceptors (Lipinski definition) is 5. The average Bonchev–Trinajstić information content (AvgIpc) is 2.28. The van der Waals surface area contributed by atoms with Crippen molar-refractivity contribution >= 4 is 16.3 Å². The quantitative estimate of drug-likeness (QED) is 0.726. The van der Waals surface area contributed by atoms with E-state index < -0.39 is 16.3 Å². The van der Waals surface area contributed by atoms with Crippen molar-refractivity contribution in [3.8, 4) is 0 Å². The van der Waals surface area contributed by atoms with Gasteiger partial charge in [-0.1, -0.05) is 0 Å². The highest BCUT2D eigenvalue weighted by Gasteiger charge is 2.34. The van der Waals surface area contributed by atoms with Crippen LogP contribution in [0, 0.1) is 5.92 Å². The number of hydrogen-bond donors (Lipinski definition) is 2. The minimum atomic E-state index is -3.83. The lowest BCUT2D eigenvalue weighted by Gasteiger charge is -2.36. The van der Waals surface area contributed by atoms with Crippen molar-refractivity contribution < 1.29 is 17.9 Å². The summed E-state index contributed by atoms with van der Waals surface area (Å²) in [5.74, 6) is 0.139. The third-order valence-electron chi connectivity index (χ3n) is 2.96. The van der Waals surface area contributed by atoms with E-state index in [1.165, 1.54) is 4.31 Å². The summed E-state index contributed by atoms with van der Waals surface area (Å²) in [6.45, 7) is 2.59. The first-order valence-corrected chi connectivity index (χ1v) is 6.92. The number of carbonyl (C=O) groups excluding carboxylic acids is 1. The van der Waals surface area contributed by atoms with Crippen LogP contribution in [-0.2, 0) is 14.9 Å². The van der Waals surface area contributed by atoms with Crippen LogP contribution in [0.15, 0.2) is 0 Å². The van der Waals surface area contributed by atoms with Crippen LogP contribution < -0.4 is 10.5 Å². The molecule has 2 unspecified atom stereocenters. The lowest BCUT2D eigenvalue weighted by atomic mass is 9.96. The Morgan fingerprint density at radius 3 is 2.71 bits per heavy atom. The second-order valence-corrected chi connectivity index (χ2v) is 5.82. The molecule has 7 nitrogen and oxygen atoms in total. The molecule has 0 bridgehead atoms. The molecule has 0 aromatic heterocycles. The highest BCUT2D eigenvalue weighted by Crippen LogP contribution is 2.23. The molecule has 8 heteroatoms. The largest absolute Gasteiger partial charge is 0.452 e. The van der Waals surface area contributed by atoms with E-state index in [0.29, 0.717) is 13.1 Å². The standard InChI is InChI=1S/C9H19N3O4S/c1-7-3-4-8(5-10)6-12(7)17(14,15)11-9(13)16-2/h7-8H,3-6,10H2,1-2H3,(H,11,13). The van der Waals surface area contributed by atoms with Crippen LogP contribution in [0.4, 0.5) is 4.79 Å². The SMILES string of the molecule is COC(=O)NS(=O)(=O)N1CC(CN)CCC1C. The van der Waals surface area contributed by atoms with Gasteiger partial charge in [-0.25, -0.2) is 9.52 Å². The fraction of sp³-hybridized carbons (Fsp3) is 0.889. The van der Waals surface area contributed by atoms with E-state index in [0.717, 1.165) is 20.0 Å². The van der Waals surface area contributed by atoms with Crippen molar-refractivity contribution in [2.75, 3.05) is 20.2 Å². The molecule has 1 amide bonds. The van der Waals surface area contributed by atoms with Gasteiger partial charge < -0.3 is 10.5 Å². The highest BCUT2D eigenvalue weighted by molar-refractivity contribution is 7.87. The number of carbonyl (C=O) groups is 1. The molecule has 1 saturated heterocycles. The van der Waals surface area contributed by atoms with Crippen molar-refractivity contribution in [3.05, 3.63) is 0 Å². The van der Waals surface area contributed by atoms with Crippen LogP contribution in [0.3, 0.4) is 0 Å². The lowest BCUT2D eigenvalue weighted by molar-refractivity contribution is 0.173. The summed E-state index contributed by atoms with van der Waals surface area (Å²) in [6.07, 6.45) is 0.665. The van der Waals surface area contributed by atoms with Crippen LogP contribution in [0.1, 0.15) is 19.8 Å². The van der Waals surface area contributed by atoms with Gasteiger partial charge in [0, 0.05) is 12.6 Å². The third kappa shape index (κ3) is 3.55. The molecule has 0 aromatic carbocycles. The molecule has 2 atom stereocenters. The second kappa shape index (κ2) is 5.65. The van der Waals surface area contributed by atoms with Crippen molar-refractivity contribution in [3.63, 3.8) is 0 Å². The van der Waals surface area contributed by atoms with E-state index in [1.807, 2.05) is 11.6 Å². The van der Waals surface area contributed by atoms with Crippen LogP contribution in [-0.4, -0.2) is 45.1 Å². The Labute approximate surface area is 101 Å². The molecule has 0 spiro atoms. The molecule has 0 saturated carbocycles. The predicted molar refractivity (Wildman–Crippen MR) is 62.4 cm³/mol. The summed E-state index contributed by atoms with van der Waals surface area (Å²) in [5, 5.41) is 0. The summed E-state index contributed by atoms with van der Waals surface area (Å²) >= 11 is 0. The molecule has 1 rings (SSSR count). The Balaban J connectivity index is 2.77. The number of nitrogens with one attached hydrogen (secondary N) is 1. The molecule has 1 aliphatic heterocycles. The predicted octanol–water partition coefficient (Wildman–Crippen LogP) is -0.354. The zero-order valence-electron chi connectivity index (χ0n) is 10.0.